The van der Waals surface area contributed by atoms with Gasteiger partial charge in [-0.3, -0.25) is 4.79 Å². The van der Waals surface area contributed by atoms with Crippen molar-refractivity contribution in [2.45, 2.75) is 51.0 Å². The van der Waals surface area contributed by atoms with E-state index in [1.54, 1.807) is 0 Å². The van der Waals surface area contributed by atoms with Crippen molar-refractivity contribution < 1.29 is 14.7 Å². The number of carboxylic acid groups (broad SMARTS) is 1. The lowest BCUT2D eigenvalue weighted by atomic mass is 9.90. The maximum atomic E-state index is 13.0. The average molecular weight is 353 g/mol. The molecule has 0 unspecified atom stereocenters. The van der Waals surface area contributed by atoms with Gasteiger partial charge in [0.25, 0.3) is 0 Å². The Morgan fingerprint density at radius 1 is 0.885 bits per heavy atom. The topological polar surface area (TPSA) is 66.4 Å². The van der Waals surface area contributed by atoms with Gasteiger partial charge in [0.2, 0.25) is 5.91 Å². The van der Waals surface area contributed by atoms with Gasteiger partial charge in [0.15, 0.2) is 0 Å². The van der Waals surface area contributed by atoms with Gasteiger partial charge < -0.3 is 10.4 Å². The number of amides is 1. The molecule has 1 amide bonds. The van der Waals surface area contributed by atoms with Crippen molar-refractivity contribution in [3.63, 3.8) is 0 Å². The molecule has 4 nitrogen and oxygen atoms in total. The van der Waals surface area contributed by atoms with Gasteiger partial charge in [-0.25, -0.2) is 4.79 Å². The van der Waals surface area contributed by atoms with E-state index in [2.05, 4.69) is 12.2 Å². The van der Waals surface area contributed by atoms with Gasteiger partial charge in [-0.15, -0.1) is 0 Å². The Balaban J connectivity index is 2.16. The summed E-state index contributed by atoms with van der Waals surface area (Å²) in [5.74, 6) is -1.77. The highest BCUT2D eigenvalue weighted by Gasteiger charge is 2.27. The van der Waals surface area contributed by atoms with Gasteiger partial charge in [-0.2, -0.15) is 0 Å². The van der Waals surface area contributed by atoms with Crippen LogP contribution in [0, 0.1) is 0 Å². The van der Waals surface area contributed by atoms with E-state index in [0.717, 1.165) is 36.8 Å². The van der Waals surface area contributed by atoms with Crippen LogP contribution in [-0.4, -0.2) is 23.0 Å². The van der Waals surface area contributed by atoms with E-state index in [4.69, 9.17) is 0 Å². The molecule has 0 aliphatic heterocycles. The second-order valence-electron chi connectivity index (χ2n) is 6.50. The number of aliphatic carboxylic acids is 1. The van der Waals surface area contributed by atoms with Crippen molar-refractivity contribution in [1.82, 2.24) is 5.32 Å². The van der Waals surface area contributed by atoms with Crippen molar-refractivity contribution in [3.8, 4) is 0 Å². The lowest BCUT2D eigenvalue weighted by Crippen LogP contribution is -2.43. The SMILES string of the molecule is CCCCCC[C@@H](NC(=O)C(c1ccccc1)c1ccccc1)C(=O)O. The lowest BCUT2D eigenvalue weighted by Gasteiger charge is -2.21. The standard InChI is InChI=1S/C22H27NO3/c1-2-3-4-11-16-19(22(25)26)23-21(24)20(17-12-7-5-8-13-17)18-14-9-6-10-15-18/h5-10,12-15,19-20H,2-4,11,16H2,1H3,(H,23,24)(H,25,26)/t19-/m1/s1. The first kappa shape index (κ1) is 19.7. The molecule has 0 radical (unpaired) electrons. The Morgan fingerprint density at radius 3 is 1.88 bits per heavy atom. The molecular weight excluding hydrogens is 326 g/mol. The smallest absolute Gasteiger partial charge is 0.326 e. The molecule has 1 atom stereocenters. The van der Waals surface area contributed by atoms with Crippen LogP contribution in [0.4, 0.5) is 0 Å². The molecule has 2 aromatic carbocycles. The van der Waals surface area contributed by atoms with Crippen LogP contribution in [0.2, 0.25) is 0 Å². The minimum absolute atomic E-state index is 0.273. The number of nitrogens with one attached hydrogen (secondary N) is 1. The molecule has 138 valence electrons. The number of hydrogen-bond acceptors (Lipinski definition) is 2. The summed E-state index contributed by atoms with van der Waals surface area (Å²) in [6, 6.07) is 18.1. The van der Waals surface area contributed by atoms with Crippen molar-refractivity contribution in [2.24, 2.45) is 0 Å². The molecule has 0 fully saturated rings. The fourth-order valence-corrected chi connectivity index (χ4v) is 3.07. The fourth-order valence-electron chi connectivity index (χ4n) is 3.07. The molecule has 2 N–H and O–H groups in total. The van der Waals surface area contributed by atoms with E-state index >= 15 is 0 Å². The molecule has 0 spiro atoms. The van der Waals surface area contributed by atoms with Gasteiger partial charge in [-0.1, -0.05) is 93.3 Å². The molecule has 0 aromatic heterocycles. The van der Waals surface area contributed by atoms with Crippen molar-refractivity contribution in [3.05, 3.63) is 71.8 Å². The summed E-state index contributed by atoms with van der Waals surface area (Å²) in [6.07, 6.45) is 4.41. The number of rotatable bonds is 10. The summed E-state index contributed by atoms with van der Waals surface area (Å²) >= 11 is 0. The normalized spacial score (nSPS) is 11.9. The third-order valence-electron chi connectivity index (χ3n) is 4.49. The number of carbonyl (C=O) groups excluding carboxylic acids is 1. The zero-order valence-electron chi connectivity index (χ0n) is 15.2. The van der Waals surface area contributed by atoms with E-state index in [9.17, 15) is 14.7 Å². The first-order chi connectivity index (χ1) is 12.6. The Morgan fingerprint density at radius 2 is 1.42 bits per heavy atom. The van der Waals surface area contributed by atoms with E-state index < -0.39 is 17.9 Å². The second-order valence-corrected chi connectivity index (χ2v) is 6.50. The molecule has 0 aliphatic carbocycles. The predicted molar refractivity (Wildman–Crippen MR) is 103 cm³/mol. The Bertz CT molecular complexity index is 646. The van der Waals surface area contributed by atoms with Gasteiger partial charge in [-0.05, 0) is 17.5 Å². The molecule has 0 saturated carbocycles. The molecule has 0 aliphatic rings. The van der Waals surface area contributed by atoms with Crippen LogP contribution in [0.25, 0.3) is 0 Å². The third-order valence-corrected chi connectivity index (χ3v) is 4.49. The Labute approximate surface area is 155 Å². The van der Waals surface area contributed by atoms with Crippen molar-refractivity contribution in [2.75, 3.05) is 0 Å². The largest absolute Gasteiger partial charge is 0.480 e. The third kappa shape index (κ3) is 5.73. The van der Waals surface area contributed by atoms with Crippen LogP contribution in [0.5, 0.6) is 0 Å². The summed E-state index contributed by atoms with van der Waals surface area (Å²) in [6.45, 7) is 2.11. The zero-order valence-corrected chi connectivity index (χ0v) is 15.2. The van der Waals surface area contributed by atoms with Gasteiger partial charge in [0.05, 0.1) is 5.92 Å². The van der Waals surface area contributed by atoms with Crippen molar-refractivity contribution >= 4 is 11.9 Å². The summed E-state index contributed by atoms with van der Waals surface area (Å²) in [5.41, 5.74) is 1.71. The maximum Gasteiger partial charge on any atom is 0.326 e. The highest BCUT2D eigenvalue weighted by molar-refractivity contribution is 5.90. The maximum absolute atomic E-state index is 13.0. The van der Waals surface area contributed by atoms with Crippen LogP contribution in [-0.2, 0) is 9.59 Å². The van der Waals surface area contributed by atoms with E-state index in [-0.39, 0.29) is 5.91 Å². The number of carbonyl (C=O) groups is 2. The molecule has 0 saturated heterocycles. The van der Waals surface area contributed by atoms with E-state index in [1.807, 2.05) is 60.7 Å². The highest BCUT2D eigenvalue weighted by Crippen LogP contribution is 2.25. The Hall–Kier alpha value is -2.62. The van der Waals surface area contributed by atoms with Gasteiger partial charge in [0, 0.05) is 0 Å². The number of hydrogen-bond donors (Lipinski definition) is 2. The van der Waals surface area contributed by atoms with Crippen LogP contribution in [0.1, 0.15) is 56.1 Å². The monoisotopic (exact) mass is 353 g/mol. The number of unbranched alkanes of at least 4 members (excludes halogenated alkanes) is 3. The van der Waals surface area contributed by atoms with Gasteiger partial charge >= 0.3 is 5.97 Å². The van der Waals surface area contributed by atoms with Crippen molar-refractivity contribution in [1.29, 1.82) is 0 Å². The molecule has 0 heterocycles. The van der Waals surface area contributed by atoms with Crippen LogP contribution >= 0.6 is 0 Å². The minimum Gasteiger partial charge on any atom is -0.480 e. The summed E-state index contributed by atoms with van der Waals surface area (Å²) < 4.78 is 0. The predicted octanol–water partition coefficient (Wildman–Crippen LogP) is 4.36. The first-order valence-corrected chi connectivity index (χ1v) is 9.26. The number of carboxylic acids is 1. The molecule has 26 heavy (non-hydrogen) atoms. The highest BCUT2D eigenvalue weighted by atomic mass is 16.4. The van der Waals surface area contributed by atoms with Crippen LogP contribution in [0.3, 0.4) is 0 Å². The van der Waals surface area contributed by atoms with Gasteiger partial charge in [0.1, 0.15) is 6.04 Å². The molecule has 4 heteroatoms. The number of benzene rings is 2. The van der Waals surface area contributed by atoms with Crippen LogP contribution < -0.4 is 5.32 Å². The summed E-state index contributed by atoms with van der Waals surface area (Å²) in [5, 5.41) is 12.2. The molecule has 2 aromatic rings. The zero-order chi connectivity index (χ0) is 18.8. The molecule has 0 bridgehead atoms. The van der Waals surface area contributed by atoms with Crippen LogP contribution in [0.15, 0.2) is 60.7 Å². The second kappa shape index (κ2) is 10.4. The van der Waals surface area contributed by atoms with E-state index in [1.165, 1.54) is 0 Å². The van der Waals surface area contributed by atoms with E-state index in [0.29, 0.717) is 6.42 Å². The quantitative estimate of drug-likeness (QED) is 0.624. The minimum atomic E-state index is -0.977. The summed E-state index contributed by atoms with van der Waals surface area (Å²) in [7, 11) is 0. The first-order valence-electron chi connectivity index (χ1n) is 9.26. The average Bonchev–Trinajstić information content (AvgIpc) is 2.66. The fraction of sp³-hybridized carbons (Fsp3) is 0.364. The Kier molecular flexibility index (Phi) is 7.87. The molecular formula is C22H27NO3. The lowest BCUT2D eigenvalue weighted by molar-refractivity contribution is -0.142. The summed E-state index contributed by atoms with van der Waals surface area (Å²) in [4.78, 5) is 24.6. The molecule has 2 rings (SSSR count).